The highest BCUT2D eigenvalue weighted by atomic mass is 32.3. The number of nitrogens with zero attached hydrogens (tertiary/aromatic N) is 2. The average molecular weight is 985 g/mol. The summed E-state index contributed by atoms with van der Waals surface area (Å²) in [6.07, 6.45) is 11.9. The number of rotatable bonds is 30. The van der Waals surface area contributed by atoms with E-state index in [9.17, 15) is 42.7 Å². The summed E-state index contributed by atoms with van der Waals surface area (Å²) in [5.74, 6) is 0.314. The zero-order valence-corrected chi connectivity index (χ0v) is 40.3. The number of carbonyl (C=O) groups is 5. The van der Waals surface area contributed by atoms with E-state index in [2.05, 4.69) is 38.0 Å². The van der Waals surface area contributed by atoms with Gasteiger partial charge in [-0.1, -0.05) is 30.3 Å². The van der Waals surface area contributed by atoms with Gasteiger partial charge in [-0.2, -0.15) is 5.10 Å². The Morgan fingerprint density at radius 1 is 0.829 bits per heavy atom. The number of hydrazone groups is 1. The van der Waals surface area contributed by atoms with Gasteiger partial charge in [0.2, 0.25) is 11.8 Å². The molecule has 19 heteroatoms. The van der Waals surface area contributed by atoms with Gasteiger partial charge in [-0.25, -0.2) is 4.98 Å². The van der Waals surface area contributed by atoms with Crippen molar-refractivity contribution < 1.29 is 56.9 Å². The Morgan fingerprint density at radius 2 is 1.54 bits per heavy atom. The zero-order valence-electron chi connectivity index (χ0n) is 39.5. The van der Waals surface area contributed by atoms with Crippen molar-refractivity contribution in [3.63, 3.8) is 0 Å². The number of likely N-dealkylation sites (N-methyl/N-ethyl adjacent to an activating group) is 1. The summed E-state index contributed by atoms with van der Waals surface area (Å²) < 4.78 is 47.2. The molecule has 376 valence electrons. The molecule has 8 N–H and O–H groups in total. The van der Waals surface area contributed by atoms with Crippen LogP contribution >= 0.6 is 10.9 Å². The molecule has 0 radical (unpaired) electrons. The first kappa shape index (κ1) is 54.1. The molecule has 4 aromatic rings. The molecular formula is C51H64N6O12S. The van der Waals surface area contributed by atoms with Gasteiger partial charge in [0, 0.05) is 61.3 Å². The summed E-state index contributed by atoms with van der Waals surface area (Å²) in [7, 11) is -2.48. The number of hydrogen-bond donors (Lipinski definition) is 8. The van der Waals surface area contributed by atoms with Crippen LogP contribution in [0.3, 0.4) is 0 Å². The Hall–Kier alpha value is -6.80. The minimum Gasteiger partial charge on any atom is -0.493 e. The van der Waals surface area contributed by atoms with E-state index < -0.39 is 28.8 Å². The Kier molecular flexibility index (Phi) is 21.7. The predicted molar refractivity (Wildman–Crippen MR) is 267 cm³/mol. The molecule has 1 aliphatic carbocycles. The molecule has 1 heterocycles. The van der Waals surface area contributed by atoms with E-state index in [0.717, 1.165) is 54.5 Å². The molecule has 0 saturated carbocycles. The number of benzene rings is 3. The molecule has 1 aliphatic rings. The van der Waals surface area contributed by atoms with Crippen molar-refractivity contribution in [3.05, 3.63) is 119 Å². The van der Waals surface area contributed by atoms with Crippen LogP contribution in [0.4, 0.5) is 5.82 Å². The fraction of sp³-hybridized carbons (Fsp3) is 0.392. The van der Waals surface area contributed by atoms with Crippen LogP contribution in [0.15, 0.2) is 95.6 Å². The molecule has 0 bridgehead atoms. The van der Waals surface area contributed by atoms with E-state index in [-0.39, 0.29) is 65.3 Å². The lowest BCUT2D eigenvalue weighted by atomic mass is 9.86. The summed E-state index contributed by atoms with van der Waals surface area (Å²) in [5.41, 5.74) is 6.72. The number of unbranched alkanes of at least 4 members (excludes halogenated alkanes) is 3. The fourth-order valence-electron chi connectivity index (χ4n) is 7.81. The number of Topliss-reactive ketones (excluding diaryl/α,β-unsaturated/α-hetero) is 1. The molecule has 0 aliphatic heterocycles. The van der Waals surface area contributed by atoms with Crippen molar-refractivity contribution in [2.24, 2.45) is 5.10 Å². The Balaban J connectivity index is 0.985. The number of hydrogen-bond acceptors (Lipinski definition) is 14. The van der Waals surface area contributed by atoms with E-state index >= 15 is 0 Å². The van der Waals surface area contributed by atoms with E-state index in [1.165, 1.54) is 37.7 Å². The molecule has 1 unspecified atom stereocenters. The van der Waals surface area contributed by atoms with Crippen molar-refractivity contribution in [1.82, 2.24) is 20.9 Å². The third-order valence-electron chi connectivity index (χ3n) is 11.4. The van der Waals surface area contributed by atoms with Gasteiger partial charge in [-0.3, -0.25) is 29.4 Å². The van der Waals surface area contributed by atoms with Gasteiger partial charge in [-0.15, -0.1) is 6.58 Å². The number of fused-ring (bicyclic) bond motifs is 1. The van der Waals surface area contributed by atoms with Crippen LogP contribution in [-0.2, 0) is 33.6 Å². The number of pyridine rings is 1. The second-order valence-electron chi connectivity index (χ2n) is 16.5. The number of aliphatic carboxylic acids is 1. The normalized spacial score (nSPS) is 12.9. The molecule has 5 rings (SSSR count). The molecule has 3 aromatic carbocycles. The smallest absolute Gasteiger partial charge is 0.303 e. The molecule has 70 heavy (non-hydrogen) atoms. The van der Waals surface area contributed by atoms with Crippen molar-refractivity contribution in [2.75, 3.05) is 38.8 Å². The Labute approximate surface area is 409 Å². The number of carboxylic acid groups (broad SMARTS) is 1. The summed E-state index contributed by atoms with van der Waals surface area (Å²) in [4.78, 5) is 66.3. The Morgan fingerprint density at radius 3 is 2.21 bits per heavy atom. The first-order chi connectivity index (χ1) is 33.8. The van der Waals surface area contributed by atoms with Gasteiger partial charge in [-0.05, 0) is 119 Å². The number of allylic oxidation sites excluding steroid dienone is 1. The minimum atomic E-state index is -3.95. The largest absolute Gasteiger partial charge is 0.493 e. The third-order valence-corrected chi connectivity index (χ3v) is 12.4. The topological polar surface area (TPSA) is 267 Å². The lowest BCUT2D eigenvalue weighted by molar-refractivity contribution is -0.137. The second kappa shape index (κ2) is 28.0. The van der Waals surface area contributed by atoms with Crippen LogP contribution in [-0.4, -0.2) is 98.9 Å². The fourth-order valence-corrected chi connectivity index (χ4v) is 8.51. The monoisotopic (exact) mass is 984 g/mol. The van der Waals surface area contributed by atoms with Crippen molar-refractivity contribution in [1.29, 1.82) is 0 Å². The van der Waals surface area contributed by atoms with Crippen molar-refractivity contribution in [2.45, 2.75) is 101 Å². The van der Waals surface area contributed by atoms with Crippen LogP contribution in [0, 0.1) is 0 Å². The number of ether oxygens (including phenoxy) is 3. The van der Waals surface area contributed by atoms with Gasteiger partial charge >= 0.3 is 5.97 Å². The lowest BCUT2D eigenvalue weighted by Crippen LogP contribution is -2.45. The summed E-state index contributed by atoms with van der Waals surface area (Å²) >= 11 is 0. The number of anilines is 1. The molecule has 3 amide bonds. The second-order valence-corrected chi connectivity index (χ2v) is 18.0. The van der Waals surface area contributed by atoms with E-state index in [1.807, 2.05) is 18.2 Å². The van der Waals surface area contributed by atoms with Crippen LogP contribution in [0.25, 0.3) is 0 Å². The number of ketones is 1. The van der Waals surface area contributed by atoms with E-state index in [1.54, 1.807) is 36.4 Å². The number of amides is 3. The first-order valence-electron chi connectivity index (χ1n) is 23.4. The van der Waals surface area contributed by atoms with Crippen LogP contribution in [0.2, 0.25) is 0 Å². The highest BCUT2D eigenvalue weighted by molar-refractivity contribution is 8.19. The third kappa shape index (κ3) is 17.0. The number of carbonyl (C=O) groups excluding carboxylic acids is 4. The summed E-state index contributed by atoms with van der Waals surface area (Å²) in [6.45, 7) is 5.42. The lowest BCUT2D eigenvalue weighted by Gasteiger charge is -2.21. The van der Waals surface area contributed by atoms with E-state index in [0.29, 0.717) is 75.3 Å². The highest BCUT2D eigenvalue weighted by Crippen LogP contribution is 2.44. The van der Waals surface area contributed by atoms with Crippen molar-refractivity contribution in [3.8, 4) is 17.2 Å². The van der Waals surface area contributed by atoms with Gasteiger partial charge < -0.3 is 48.9 Å². The minimum absolute atomic E-state index is 0.0871. The van der Waals surface area contributed by atoms with Crippen LogP contribution in [0.5, 0.6) is 17.2 Å². The van der Waals surface area contributed by atoms with Gasteiger partial charge in [0.05, 0.1) is 36.5 Å². The van der Waals surface area contributed by atoms with Gasteiger partial charge in [0.15, 0.2) is 5.78 Å². The molecule has 0 saturated heterocycles. The van der Waals surface area contributed by atoms with E-state index in [4.69, 9.17) is 14.2 Å². The summed E-state index contributed by atoms with van der Waals surface area (Å²) in [6, 6.07) is 17.4. The molecule has 1 aromatic heterocycles. The molecular weight excluding hydrogens is 921 g/mol. The number of aromatic nitrogens is 1. The maximum atomic E-state index is 13.0. The molecule has 18 nitrogen and oxygen atoms in total. The van der Waals surface area contributed by atoms with Crippen LogP contribution < -0.4 is 35.6 Å². The Bertz CT molecular complexity index is 2440. The SMILES string of the molecule is C=CCc1c(OCCCCCOc2cccc(OCCCC(=O)NCCCCC(NC(=O)c3ccc(N/N=C\c4ccccc4S(O)(O)O)nc3)C(=O)NC)c2CCC(=O)O)ccc2c1CCCC2=O. The number of nitrogens with one attached hydrogen (secondary N) is 4. The van der Waals surface area contributed by atoms with Gasteiger partial charge in [0.25, 0.3) is 5.91 Å². The molecule has 0 fully saturated rings. The summed E-state index contributed by atoms with van der Waals surface area (Å²) in [5, 5.41) is 21.6. The van der Waals surface area contributed by atoms with Gasteiger partial charge in [0.1, 0.15) is 40.0 Å². The molecule has 1 atom stereocenters. The zero-order chi connectivity index (χ0) is 50.3. The average Bonchev–Trinajstić information content (AvgIpc) is 3.34. The quantitative estimate of drug-likeness (QED) is 0.0107. The maximum Gasteiger partial charge on any atom is 0.303 e. The maximum absolute atomic E-state index is 13.0. The predicted octanol–water partition coefficient (Wildman–Crippen LogP) is 7.99. The molecule has 0 spiro atoms. The van der Waals surface area contributed by atoms with Crippen LogP contribution in [0.1, 0.15) is 114 Å². The highest BCUT2D eigenvalue weighted by Gasteiger charge is 2.23. The standard InChI is InChI=1S/C51H64N6O12S/c1-3-14-39-37-16-11-18-42(58)38(37)24-26-45(39)68-31-10-4-9-30-67-43-19-12-20-44(40(43)25-28-49(60)61)69-32-13-22-48(59)53-29-8-7-17-41(51(63)52-2)56-50(62)36-23-27-47(54-33-36)57-55-34-35-15-5-6-21-46(35)70(64,65)66/h3,5-6,12,15,19-21,23-24,26-27,33-34,41,64-66H,1,4,7-11,13-14,16-18,22,25,28-32H2,2H3,(H,52,63)(H,53,59)(H,54,57)(H,56,62)(H,60,61)/b55-34-. The van der Waals surface area contributed by atoms with Crippen molar-refractivity contribution >= 4 is 52.4 Å². The first-order valence-corrected chi connectivity index (χ1v) is 24.9. The number of carboxylic acids is 1.